The predicted octanol–water partition coefficient (Wildman–Crippen LogP) is 7.20. The third-order valence-corrected chi connectivity index (χ3v) is 7.33. The second kappa shape index (κ2) is 10.8. The van der Waals surface area contributed by atoms with E-state index in [0.29, 0.717) is 27.2 Å². The molecule has 0 aliphatic carbocycles. The molecule has 4 rings (SSSR count). The molecule has 1 saturated heterocycles. The van der Waals surface area contributed by atoms with E-state index < -0.39 is 18.2 Å². The van der Waals surface area contributed by atoms with Gasteiger partial charge in [-0.2, -0.15) is 0 Å². The maximum Gasteiger partial charge on any atom is 0.308 e. The number of aliphatic hydroxyl groups excluding tert-OH is 1. The zero-order chi connectivity index (χ0) is 25.3. The van der Waals surface area contributed by atoms with Gasteiger partial charge in [-0.1, -0.05) is 59.1 Å². The molecule has 4 nitrogen and oxygen atoms in total. The van der Waals surface area contributed by atoms with Crippen molar-refractivity contribution in [3.63, 3.8) is 0 Å². The van der Waals surface area contributed by atoms with Gasteiger partial charge >= 0.3 is 5.97 Å². The lowest BCUT2D eigenvalue weighted by Crippen LogP contribution is -2.36. The van der Waals surface area contributed by atoms with Crippen molar-refractivity contribution in [2.75, 3.05) is 6.61 Å². The fourth-order valence-corrected chi connectivity index (χ4v) is 5.07. The molecule has 2 atom stereocenters. The lowest BCUT2D eigenvalue weighted by Gasteiger charge is -2.28. The number of aliphatic hydroxyl groups is 1. The van der Waals surface area contributed by atoms with Crippen LogP contribution in [-0.2, 0) is 9.53 Å². The van der Waals surface area contributed by atoms with Gasteiger partial charge in [0.15, 0.2) is 0 Å². The van der Waals surface area contributed by atoms with Gasteiger partial charge in [-0.05, 0) is 72.9 Å². The minimum atomic E-state index is -0.725. The monoisotopic (exact) mass is 532 g/mol. The number of benzene rings is 3. The quantitative estimate of drug-likeness (QED) is 0.269. The van der Waals surface area contributed by atoms with E-state index in [2.05, 4.69) is 12.1 Å². The van der Waals surface area contributed by atoms with Gasteiger partial charge in [-0.15, -0.1) is 0 Å². The summed E-state index contributed by atoms with van der Waals surface area (Å²) in [4.78, 5) is 11.8. The lowest BCUT2D eigenvalue weighted by molar-refractivity contribution is -0.162. The Morgan fingerprint density at radius 2 is 1.54 bits per heavy atom. The first-order valence-electron chi connectivity index (χ1n) is 11.4. The zero-order valence-electron chi connectivity index (χ0n) is 19.8. The van der Waals surface area contributed by atoms with Crippen molar-refractivity contribution in [1.29, 1.82) is 0 Å². The molecule has 184 valence electrons. The standard InChI is InChI=1S/C28H27Cl3O4/c1-15-8-18(4-6-24(15)30)27(19-5-7-25(31)16(2)9-19)23-11-20(29)10-17(3)28(23)34-14-22-12-21(32)13-26(33)35-22/h4-11,21-22,27,32H,12-14H2,1-3H3. The average molecular weight is 534 g/mol. The molecule has 0 bridgehead atoms. The number of carbonyl (C=O) groups is 1. The lowest BCUT2D eigenvalue weighted by atomic mass is 9.83. The Morgan fingerprint density at radius 3 is 2.09 bits per heavy atom. The molecule has 1 fully saturated rings. The van der Waals surface area contributed by atoms with Crippen LogP contribution in [0, 0.1) is 20.8 Å². The first-order chi connectivity index (χ1) is 16.6. The number of hydrogen-bond acceptors (Lipinski definition) is 4. The summed E-state index contributed by atoms with van der Waals surface area (Å²) in [5.74, 6) is 0.0288. The van der Waals surface area contributed by atoms with Crippen LogP contribution < -0.4 is 4.74 Å². The van der Waals surface area contributed by atoms with E-state index in [9.17, 15) is 9.90 Å². The first kappa shape index (κ1) is 25.8. The number of carbonyl (C=O) groups excluding carboxylic acids is 1. The molecular weight excluding hydrogens is 507 g/mol. The van der Waals surface area contributed by atoms with Crippen molar-refractivity contribution in [1.82, 2.24) is 0 Å². The van der Waals surface area contributed by atoms with Crippen LogP contribution in [0.5, 0.6) is 5.75 Å². The van der Waals surface area contributed by atoms with Gasteiger partial charge in [0.2, 0.25) is 0 Å². The Balaban J connectivity index is 1.81. The normalized spacial score (nSPS) is 18.0. The first-order valence-corrected chi connectivity index (χ1v) is 12.6. The Labute approximate surface area is 220 Å². The summed E-state index contributed by atoms with van der Waals surface area (Å²) in [6.07, 6.45) is -0.903. The van der Waals surface area contributed by atoms with E-state index in [1.165, 1.54) is 0 Å². The molecule has 2 unspecified atom stereocenters. The Kier molecular flexibility index (Phi) is 7.97. The summed E-state index contributed by atoms with van der Waals surface area (Å²) >= 11 is 19.2. The summed E-state index contributed by atoms with van der Waals surface area (Å²) in [6.45, 7) is 6.01. The van der Waals surface area contributed by atoms with Crippen molar-refractivity contribution in [2.45, 2.75) is 51.7 Å². The number of esters is 1. The fraction of sp³-hybridized carbons (Fsp3) is 0.321. The van der Waals surface area contributed by atoms with Gasteiger partial charge in [0, 0.05) is 33.0 Å². The molecular formula is C28H27Cl3O4. The number of hydrogen-bond donors (Lipinski definition) is 1. The van der Waals surface area contributed by atoms with Crippen LogP contribution in [0.15, 0.2) is 48.5 Å². The molecule has 1 N–H and O–H groups in total. The van der Waals surface area contributed by atoms with Crippen molar-refractivity contribution < 1.29 is 19.4 Å². The van der Waals surface area contributed by atoms with Crippen molar-refractivity contribution in [3.8, 4) is 5.75 Å². The zero-order valence-corrected chi connectivity index (χ0v) is 22.0. The molecule has 0 radical (unpaired) electrons. The van der Waals surface area contributed by atoms with E-state index >= 15 is 0 Å². The van der Waals surface area contributed by atoms with Crippen LogP contribution in [0.25, 0.3) is 0 Å². The summed E-state index contributed by atoms with van der Waals surface area (Å²) in [6, 6.07) is 15.7. The van der Waals surface area contributed by atoms with E-state index in [-0.39, 0.29) is 18.9 Å². The summed E-state index contributed by atoms with van der Waals surface area (Å²) < 4.78 is 11.7. The highest BCUT2D eigenvalue weighted by atomic mass is 35.5. The highest BCUT2D eigenvalue weighted by Crippen LogP contribution is 2.42. The molecule has 35 heavy (non-hydrogen) atoms. The van der Waals surface area contributed by atoms with Gasteiger partial charge < -0.3 is 14.6 Å². The molecule has 0 saturated carbocycles. The number of rotatable bonds is 6. The smallest absolute Gasteiger partial charge is 0.308 e. The van der Waals surface area contributed by atoms with Crippen LogP contribution in [0.2, 0.25) is 15.1 Å². The topological polar surface area (TPSA) is 55.8 Å². The molecule has 3 aromatic carbocycles. The second-order valence-electron chi connectivity index (χ2n) is 9.11. The summed E-state index contributed by atoms with van der Waals surface area (Å²) in [5.41, 5.74) is 5.71. The van der Waals surface area contributed by atoms with E-state index in [0.717, 1.165) is 33.4 Å². The molecule has 1 heterocycles. The third-order valence-electron chi connectivity index (χ3n) is 6.26. The van der Waals surface area contributed by atoms with Crippen LogP contribution in [0.1, 0.15) is 52.1 Å². The molecule has 3 aromatic rings. The van der Waals surface area contributed by atoms with Gasteiger partial charge in [0.25, 0.3) is 0 Å². The second-order valence-corrected chi connectivity index (χ2v) is 10.4. The number of halogens is 3. The predicted molar refractivity (Wildman–Crippen MR) is 140 cm³/mol. The van der Waals surface area contributed by atoms with Crippen molar-refractivity contribution >= 4 is 40.8 Å². The van der Waals surface area contributed by atoms with Gasteiger partial charge in [-0.3, -0.25) is 4.79 Å². The summed E-state index contributed by atoms with van der Waals surface area (Å²) in [7, 11) is 0. The highest BCUT2D eigenvalue weighted by Gasteiger charge is 2.29. The third kappa shape index (κ3) is 5.95. The molecule has 1 aliphatic rings. The Morgan fingerprint density at radius 1 is 0.943 bits per heavy atom. The SMILES string of the molecule is Cc1cc(C(c2ccc(Cl)c(C)c2)c2cc(Cl)cc(C)c2OCC2CC(O)CC(=O)O2)ccc1Cl. The van der Waals surface area contributed by atoms with Gasteiger partial charge in [-0.25, -0.2) is 0 Å². The highest BCUT2D eigenvalue weighted by molar-refractivity contribution is 6.31. The van der Waals surface area contributed by atoms with Crippen molar-refractivity contribution in [2.24, 2.45) is 0 Å². The largest absolute Gasteiger partial charge is 0.489 e. The van der Waals surface area contributed by atoms with E-state index in [4.69, 9.17) is 44.3 Å². The molecule has 0 aromatic heterocycles. The maximum atomic E-state index is 11.8. The number of ether oxygens (including phenoxy) is 2. The van der Waals surface area contributed by atoms with Crippen molar-refractivity contribution in [3.05, 3.63) is 97.0 Å². The summed E-state index contributed by atoms with van der Waals surface area (Å²) in [5, 5.41) is 12.0. The van der Waals surface area contributed by atoms with Crippen LogP contribution in [-0.4, -0.2) is 29.9 Å². The van der Waals surface area contributed by atoms with E-state index in [1.807, 2.05) is 57.2 Å². The number of cyclic esters (lactones) is 1. The fourth-order valence-electron chi connectivity index (χ4n) is 4.55. The van der Waals surface area contributed by atoms with Crippen LogP contribution in [0.3, 0.4) is 0 Å². The molecule has 7 heteroatoms. The maximum absolute atomic E-state index is 11.8. The minimum Gasteiger partial charge on any atom is -0.489 e. The van der Waals surface area contributed by atoms with Crippen LogP contribution >= 0.6 is 34.8 Å². The molecule has 1 aliphatic heterocycles. The Hall–Kier alpha value is -2.24. The van der Waals surface area contributed by atoms with E-state index in [1.54, 1.807) is 0 Å². The molecule has 0 amide bonds. The minimum absolute atomic E-state index is 0.00956. The van der Waals surface area contributed by atoms with Gasteiger partial charge in [0.1, 0.15) is 18.5 Å². The van der Waals surface area contributed by atoms with Crippen LogP contribution in [0.4, 0.5) is 0 Å². The Bertz CT molecular complexity index is 1210. The van der Waals surface area contributed by atoms with Gasteiger partial charge in [0.05, 0.1) is 12.5 Å². The average Bonchev–Trinajstić information content (AvgIpc) is 2.77. The molecule has 0 spiro atoms. The number of aryl methyl sites for hydroxylation is 3.